The fraction of sp³-hybridized carbons (Fsp3) is 0.394. The molecule has 2 amide bonds. The average molecular weight is 599 g/mol. The van der Waals surface area contributed by atoms with Crippen LogP contribution in [0.15, 0.2) is 48.5 Å². The van der Waals surface area contributed by atoms with Crippen molar-refractivity contribution in [2.45, 2.75) is 50.2 Å². The molecule has 3 atom stereocenters. The Balaban J connectivity index is 1.30. The molecule has 3 aromatic carbocycles. The molecule has 4 aromatic rings. The topological polar surface area (TPSA) is 125 Å². The predicted molar refractivity (Wildman–Crippen MR) is 165 cm³/mol. The van der Waals surface area contributed by atoms with Crippen molar-refractivity contribution in [1.82, 2.24) is 19.8 Å². The number of ether oxygens (including phenoxy) is 1. The van der Waals surface area contributed by atoms with Crippen molar-refractivity contribution < 1.29 is 23.8 Å². The fourth-order valence-electron chi connectivity index (χ4n) is 7.24. The number of aromatic hydroxyl groups is 1. The number of amides is 2. The van der Waals surface area contributed by atoms with Crippen LogP contribution in [0.4, 0.5) is 10.2 Å². The minimum Gasteiger partial charge on any atom is -0.508 e. The summed E-state index contributed by atoms with van der Waals surface area (Å²) >= 11 is 0. The second kappa shape index (κ2) is 11.2. The van der Waals surface area contributed by atoms with Gasteiger partial charge in [-0.3, -0.25) is 9.59 Å². The maximum Gasteiger partial charge on any atom is 0.319 e. The summed E-state index contributed by atoms with van der Waals surface area (Å²) in [5.41, 5.74) is 6.33. The number of carbonyl (C=O) groups is 2. The zero-order chi connectivity index (χ0) is 30.5. The normalized spacial score (nSPS) is 21.8. The van der Waals surface area contributed by atoms with Gasteiger partial charge in [0.25, 0.3) is 0 Å². The molecule has 228 valence electrons. The number of hydrogen-bond donors (Lipinski definition) is 2. The third kappa shape index (κ3) is 5.04. The average Bonchev–Trinajstić information content (AvgIpc) is 3.53. The molecule has 7 rings (SSSR count). The van der Waals surface area contributed by atoms with Crippen molar-refractivity contribution >= 4 is 39.3 Å². The predicted octanol–water partition coefficient (Wildman–Crippen LogP) is 3.82. The first-order chi connectivity index (χ1) is 21.3. The molecule has 3 N–H and O–H groups in total. The van der Waals surface area contributed by atoms with Gasteiger partial charge in [0, 0.05) is 42.2 Å². The molecular formula is C33H35FN6O4. The van der Waals surface area contributed by atoms with E-state index in [0.717, 1.165) is 43.0 Å². The molecule has 3 saturated heterocycles. The first kappa shape index (κ1) is 28.3. The molecule has 0 spiro atoms. The van der Waals surface area contributed by atoms with Gasteiger partial charge in [-0.2, -0.15) is 9.97 Å². The van der Waals surface area contributed by atoms with Crippen LogP contribution in [0.25, 0.3) is 32.8 Å². The summed E-state index contributed by atoms with van der Waals surface area (Å²) in [5.74, 6) is -0.821. The lowest BCUT2D eigenvalue weighted by Crippen LogP contribution is -2.56. The van der Waals surface area contributed by atoms with Crippen LogP contribution in [0.5, 0.6) is 11.8 Å². The van der Waals surface area contributed by atoms with Crippen molar-refractivity contribution in [2.24, 2.45) is 5.73 Å². The molecule has 44 heavy (non-hydrogen) atoms. The van der Waals surface area contributed by atoms with Crippen LogP contribution in [0, 0.1) is 5.82 Å². The molecule has 1 aromatic heterocycles. The van der Waals surface area contributed by atoms with Crippen molar-refractivity contribution in [1.29, 1.82) is 0 Å². The van der Waals surface area contributed by atoms with Crippen molar-refractivity contribution in [3.8, 4) is 22.9 Å². The SMILES string of the molecule is CN1CCC[C@H]1COc1nc(N2C[C@H]3CC[C@@H](C2)N3C(=O)CC(N)=O)c2ccc(-c3cc(O)cc4ccccc34)c(F)c2n1. The van der Waals surface area contributed by atoms with E-state index < -0.39 is 11.7 Å². The number of hydrogen-bond acceptors (Lipinski definition) is 8. The standard InChI is InChI=1S/C33H35FN6O4/c1-38-12-4-6-22(38)18-44-33-36-31-26(11-10-25(30(31)34)27-14-23(41)13-19-5-2-3-7-24(19)27)32(37-33)39-16-20-8-9-21(17-39)40(20)29(43)15-28(35)42/h2-3,5,7,10-11,13-14,20-22,41H,4,6,8-9,12,15-18H2,1H3,(H2,35,42)/t20-,21+,22-/m0/s1. The van der Waals surface area contributed by atoms with E-state index in [-0.39, 0.29) is 47.7 Å². The van der Waals surface area contributed by atoms with Gasteiger partial charge in [-0.25, -0.2) is 4.39 Å². The number of halogens is 1. The van der Waals surface area contributed by atoms with E-state index in [1.807, 2.05) is 30.3 Å². The summed E-state index contributed by atoms with van der Waals surface area (Å²) in [5, 5.41) is 12.6. The molecule has 0 aliphatic carbocycles. The third-order valence-corrected chi connectivity index (χ3v) is 9.37. The highest BCUT2D eigenvalue weighted by Gasteiger charge is 2.43. The van der Waals surface area contributed by atoms with Crippen LogP contribution in [-0.2, 0) is 9.59 Å². The molecule has 0 saturated carbocycles. The number of nitrogens with zero attached hydrogens (tertiary/aromatic N) is 5. The quantitative estimate of drug-likeness (QED) is 0.308. The first-order valence-corrected chi connectivity index (χ1v) is 15.2. The maximum atomic E-state index is 16.6. The number of benzene rings is 3. The summed E-state index contributed by atoms with van der Waals surface area (Å²) in [4.78, 5) is 39.9. The molecular weight excluding hydrogens is 563 g/mol. The molecule has 10 nitrogen and oxygen atoms in total. The lowest BCUT2D eigenvalue weighted by atomic mass is 9.96. The number of rotatable bonds is 7. The number of primary amides is 1. The number of phenolic OH excluding ortho intramolecular Hbond substituents is 1. The summed E-state index contributed by atoms with van der Waals surface area (Å²) < 4.78 is 22.8. The van der Waals surface area contributed by atoms with Gasteiger partial charge in [0.1, 0.15) is 30.1 Å². The van der Waals surface area contributed by atoms with Gasteiger partial charge in [-0.05, 0) is 73.8 Å². The summed E-state index contributed by atoms with van der Waals surface area (Å²) in [6.45, 7) is 2.35. The van der Waals surface area contributed by atoms with Gasteiger partial charge in [-0.1, -0.05) is 30.3 Å². The summed E-state index contributed by atoms with van der Waals surface area (Å²) in [7, 11) is 2.06. The van der Waals surface area contributed by atoms with Gasteiger partial charge in [-0.15, -0.1) is 0 Å². The maximum absolute atomic E-state index is 16.6. The summed E-state index contributed by atoms with van der Waals surface area (Å²) in [6, 6.07) is 14.4. The van der Waals surface area contributed by atoms with Crippen LogP contribution in [0.3, 0.4) is 0 Å². The van der Waals surface area contributed by atoms with Crippen LogP contribution in [0.2, 0.25) is 0 Å². The number of phenols is 1. The molecule has 0 radical (unpaired) electrons. The van der Waals surface area contributed by atoms with Crippen LogP contribution < -0.4 is 15.4 Å². The van der Waals surface area contributed by atoms with Crippen LogP contribution in [0.1, 0.15) is 32.1 Å². The highest BCUT2D eigenvalue weighted by molar-refractivity contribution is 6.01. The highest BCUT2D eigenvalue weighted by Crippen LogP contribution is 2.40. The molecule has 2 bridgehead atoms. The minimum atomic E-state index is -0.640. The Kier molecular flexibility index (Phi) is 7.20. The molecule has 0 unspecified atom stereocenters. The lowest BCUT2D eigenvalue weighted by Gasteiger charge is -2.41. The van der Waals surface area contributed by atoms with Gasteiger partial charge in [0.05, 0.1) is 0 Å². The molecule has 11 heteroatoms. The second-order valence-corrected chi connectivity index (χ2v) is 12.2. The number of carbonyl (C=O) groups excluding carboxylic acids is 2. The largest absolute Gasteiger partial charge is 0.508 e. The number of anilines is 1. The number of likely N-dealkylation sites (N-methyl/N-ethyl adjacent to an activating group) is 1. The van der Waals surface area contributed by atoms with E-state index in [0.29, 0.717) is 42.0 Å². The minimum absolute atomic E-state index is 0.0468. The van der Waals surface area contributed by atoms with E-state index >= 15 is 4.39 Å². The Morgan fingerprint density at radius 1 is 1.02 bits per heavy atom. The molecule has 4 heterocycles. The Morgan fingerprint density at radius 2 is 1.80 bits per heavy atom. The monoisotopic (exact) mass is 598 g/mol. The van der Waals surface area contributed by atoms with Crippen molar-refractivity contribution in [2.75, 3.05) is 38.2 Å². The van der Waals surface area contributed by atoms with E-state index in [1.165, 1.54) is 0 Å². The van der Waals surface area contributed by atoms with Gasteiger partial charge in [0.2, 0.25) is 11.8 Å². The van der Waals surface area contributed by atoms with Crippen molar-refractivity contribution in [3.63, 3.8) is 0 Å². The number of piperazine rings is 1. The second-order valence-electron chi connectivity index (χ2n) is 12.2. The zero-order valence-corrected chi connectivity index (χ0v) is 24.6. The Morgan fingerprint density at radius 3 is 2.52 bits per heavy atom. The van der Waals surface area contributed by atoms with Crippen LogP contribution in [-0.4, -0.2) is 88.1 Å². The third-order valence-electron chi connectivity index (χ3n) is 9.37. The van der Waals surface area contributed by atoms with E-state index in [9.17, 15) is 14.7 Å². The molecule has 3 aliphatic heterocycles. The first-order valence-electron chi connectivity index (χ1n) is 15.2. The van der Waals surface area contributed by atoms with E-state index in [4.69, 9.17) is 15.5 Å². The van der Waals surface area contributed by atoms with E-state index in [2.05, 4.69) is 21.8 Å². The number of likely N-dealkylation sites (tertiary alicyclic amines) is 1. The van der Waals surface area contributed by atoms with E-state index in [1.54, 1.807) is 23.1 Å². The number of nitrogens with two attached hydrogens (primary N) is 1. The number of aromatic nitrogens is 2. The van der Waals surface area contributed by atoms with Gasteiger partial charge < -0.3 is 30.3 Å². The number of fused-ring (bicyclic) bond motifs is 4. The van der Waals surface area contributed by atoms with Crippen LogP contribution >= 0.6 is 0 Å². The van der Waals surface area contributed by atoms with Gasteiger partial charge >= 0.3 is 6.01 Å². The van der Waals surface area contributed by atoms with Crippen molar-refractivity contribution in [3.05, 3.63) is 54.3 Å². The smallest absolute Gasteiger partial charge is 0.319 e. The zero-order valence-electron chi connectivity index (χ0n) is 24.6. The fourth-order valence-corrected chi connectivity index (χ4v) is 7.24. The Labute approximate surface area is 254 Å². The summed E-state index contributed by atoms with van der Waals surface area (Å²) in [6.07, 6.45) is 3.38. The molecule has 3 aliphatic rings. The Hall–Kier alpha value is -4.51. The van der Waals surface area contributed by atoms with Gasteiger partial charge in [0.15, 0.2) is 5.82 Å². The molecule has 3 fully saturated rings. The Bertz CT molecular complexity index is 1770. The highest BCUT2D eigenvalue weighted by atomic mass is 19.1. The lowest BCUT2D eigenvalue weighted by molar-refractivity contribution is -0.137.